The fourth-order valence-electron chi connectivity index (χ4n) is 3.79. The van der Waals surface area contributed by atoms with Crippen LogP contribution in [-0.2, 0) is 4.79 Å². The summed E-state index contributed by atoms with van der Waals surface area (Å²) in [5, 5.41) is 3.21. The van der Waals surface area contributed by atoms with Crippen LogP contribution in [0.4, 0.5) is 5.69 Å². The summed E-state index contributed by atoms with van der Waals surface area (Å²) in [5.74, 6) is 0.998. The number of nitrogens with zero attached hydrogens (tertiary/aromatic N) is 1. The first-order valence-corrected chi connectivity index (χ1v) is 8.70. The number of benzene rings is 1. The molecule has 1 aliphatic heterocycles. The molecule has 2 fully saturated rings. The molecule has 3 rings (SSSR count). The van der Waals surface area contributed by atoms with Gasteiger partial charge in [-0.25, -0.2) is 0 Å². The molecule has 2 atom stereocenters. The lowest BCUT2D eigenvalue weighted by molar-refractivity contribution is -0.123. The number of hydrogen-bond acceptors (Lipinski definition) is 2. The minimum Gasteiger partial charge on any atom is -0.324 e. The van der Waals surface area contributed by atoms with Crippen molar-refractivity contribution in [3.63, 3.8) is 0 Å². The monoisotopic (exact) mass is 300 g/mol. The Hall–Kier alpha value is -1.35. The molecule has 22 heavy (non-hydrogen) atoms. The van der Waals surface area contributed by atoms with Crippen LogP contribution < -0.4 is 5.32 Å². The molecule has 1 amide bonds. The van der Waals surface area contributed by atoms with E-state index in [1.807, 2.05) is 6.07 Å². The van der Waals surface area contributed by atoms with Gasteiger partial charge < -0.3 is 5.32 Å². The average Bonchev–Trinajstić information content (AvgIpc) is 3.35. The molecule has 120 valence electrons. The summed E-state index contributed by atoms with van der Waals surface area (Å²) in [4.78, 5) is 15.3. The van der Waals surface area contributed by atoms with Gasteiger partial charge in [0.15, 0.2) is 0 Å². The first-order valence-electron chi connectivity index (χ1n) is 8.70. The summed E-state index contributed by atoms with van der Waals surface area (Å²) in [5.41, 5.74) is 3.29. The van der Waals surface area contributed by atoms with Gasteiger partial charge in [-0.05, 0) is 70.0 Å². The summed E-state index contributed by atoms with van der Waals surface area (Å²) in [6, 6.07) is 6.77. The van der Waals surface area contributed by atoms with Crippen LogP contribution in [0.1, 0.15) is 50.2 Å². The van der Waals surface area contributed by atoms with E-state index in [9.17, 15) is 4.79 Å². The van der Waals surface area contributed by atoms with Gasteiger partial charge in [0, 0.05) is 11.7 Å². The molecule has 1 aromatic carbocycles. The summed E-state index contributed by atoms with van der Waals surface area (Å²) in [7, 11) is 0. The summed E-state index contributed by atoms with van der Waals surface area (Å²) in [6.07, 6.45) is 6.06. The van der Waals surface area contributed by atoms with E-state index >= 15 is 0 Å². The number of amides is 1. The van der Waals surface area contributed by atoms with E-state index < -0.39 is 0 Å². The molecule has 1 aliphatic carbocycles. The maximum Gasteiger partial charge on any atom is 0.241 e. The molecule has 0 bridgehead atoms. The first-order chi connectivity index (χ1) is 10.6. The molecule has 0 aromatic heterocycles. The zero-order valence-corrected chi connectivity index (χ0v) is 14.1. The Kier molecular flexibility index (Phi) is 4.53. The van der Waals surface area contributed by atoms with Crippen LogP contribution in [0.2, 0.25) is 0 Å². The predicted octanol–water partition coefficient (Wildman–Crippen LogP) is 3.89. The third-order valence-electron chi connectivity index (χ3n) is 5.40. The van der Waals surface area contributed by atoms with Gasteiger partial charge in [-0.2, -0.15) is 0 Å². The third kappa shape index (κ3) is 3.19. The van der Waals surface area contributed by atoms with E-state index in [4.69, 9.17) is 0 Å². The third-order valence-corrected chi connectivity index (χ3v) is 5.40. The van der Waals surface area contributed by atoms with Gasteiger partial charge in [0.2, 0.25) is 5.91 Å². The Morgan fingerprint density at radius 3 is 2.50 bits per heavy atom. The van der Waals surface area contributed by atoms with Crippen molar-refractivity contribution in [2.45, 2.75) is 65.0 Å². The maximum absolute atomic E-state index is 12.9. The van der Waals surface area contributed by atoms with Crippen molar-refractivity contribution in [1.29, 1.82) is 0 Å². The fraction of sp³-hybridized carbons (Fsp3) is 0.632. The number of rotatable bonds is 4. The van der Waals surface area contributed by atoms with E-state index in [0.29, 0.717) is 6.04 Å². The van der Waals surface area contributed by atoms with Gasteiger partial charge in [-0.15, -0.1) is 0 Å². The zero-order valence-electron chi connectivity index (χ0n) is 14.1. The Bertz CT molecular complexity index is 530. The molecule has 1 unspecified atom stereocenters. The molecular formula is C19H28N2O. The highest BCUT2D eigenvalue weighted by atomic mass is 16.2. The lowest BCUT2D eigenvalue weighted by atomic mass is 9.97. The maximum atomic E-state index is 12.9. The number of hydrogen-bond donors (Lipinski definition) is 1. The number of carbonyl (C=O) groups is 1. The minimum absolute atomic E-state index is 0.0448. The largest absolute Gasteiger partial charge is 0.324 e. The van der Waals surface area contributed by atoms with E-state index in [2.05, 4.69) is 43.1 Å². The molecule has 1 aromatic rings. The lowest BCUT2D eigenvalue weighted by Gasteiger charge is -2.39. The summed E-state index contributed by atoms with van der Waals surface area (Å²) in [6.45, 7) is 7.51. The van der Waals surface area contributed by atoms with Gasteiger partial charge in [0.1, 0.15) is 0 Å². The smallest absolute Gasteiger partial charge is 0.241 e. The molecule has 2 aliphatic rings. The van der Waals surface area contributed by atoms with Crippen molar-refractivity contribution >= 4 is 11.6 Å². The highest BCUT2D eigenvalue weighted by Gasteiger charge is 2.38. The highest BCUT2D eigenvalue weighted by Crippen LogP contribution is 2.37. The van der Waals surface area contributed by atoms with Crippen LogP contribution in [0.15, 0.2) is 18.2 Å². The van der Waals surface area contributed by atoms with Crippen LogP contribution >= 0.6 is 0 Å². The van der Waals surface area contributed by atoms with Crippen molar-refractivity contribution in [3.05, 3.63) is 29.3 Å². The van der Waals surface area contributed by atoms with Gasteiger partial charge >= 0.3 is 0 Å². The molecule has 1 saturated heterocycles. The molecule has 1 N–H and O–H groups in total. The number of anilines is 1. The molecule has 3 heteroatoms. The number of nitrogens with one attached hydrogen (secondary N) is 1. The second-order valence-corrected chi connectivity index (χ2v) is 7.08. The van der Waals surface area contributed by atoms with Crippen molar-refractivity contribution in [1.82, 2.24) is 4.90 Å². The molecule has 3 nitrogen and oxygen atoms in total. The van der Waals surface area contributed by atoms with E-state index in [1.54, 1.807) is 0 Å². The molecule has 1 heterocycles. The second-order valence-electron chi connectivity index (χ2n) is 7.08. The van der Waals surface area contributed by atoms with Crippen molar-refractivity contribution in [3.8, 4) is 0 Å². The van der Waals surface area contributed by atoms with Crippen molar-refractivity contribution < 1.29 is 4.79 Å². The Morgan fingerprint density at radius 2 is 1.86 bits per heavy atom. The van der Waals surface area contributed by atoms with Gasteiger partial charge in [0.25, 0.3) is 0 Å². The Morgan fingerprint density at radius 1 is 1.18 bits per heavy atom. The predicted molar refractivity (Wildman–Crippen MR) is 91.1 cm³/mol. The fourth-order valence-corrected chi connectivity index (χ4v) is 3.79. The normalized spacial score (nSPS) is 24.0. The lowest BCUT2D eigenvalue weighted by Crippen LogP contribution is -2.51. The Labute approximate surface area is 134 Å². The Balaban J connectivity index is 1.74. The summed E-state index contributed by atoms with van der Waals surface area (Å²) < 4.78 is 0. The zero-order chi connectivity index (χ0) is 15.7. The SMILES string of the molecule is Cc1cccc(C)c1NC(=O)[C@@H]1CCCCN1C(C)C1CC1. The quantitative estimate of drug-likeness (QED) is 0.915. The van der Waals surface area contributed by atoms with E-state index in [-0.39, 0.29) is 11.9 Å². The number of carbonyl (C=O) groups excluding carboxylic acids is 1. The average molecular weight is 300 g/mol. The van der Waals surface area contributed by atoms with Crippen LogP contribution in [0.3, 0.4) is 0 Å². The van der Waals surface area contributed by atoms with Crippen molar-refractivity contribution in [2.24, 2.45) is 5.92 Å². The topological polar surface area (TPSA) is 32.3 Å². The molecule has 1 saturated carbocycles. The molecule has 0 radical (unpaired) electrons. The first kappa shape index (κ1) is 15.5. The van der Waals surface area contributed by atoms with Gasteiger partial charge in [-0.1, -0.05) is 24.6 Å². The van der Waals surface area contributed by atoms with E-state index in [1.165, 1.54) is 25.7 Å². The van der Waals surface area contributed by atoms with Crippen LogP contribution in [0.25, 0.3) is 0 Å². The number of para-hydroxylation sites is 1. The number of aryl methyl sites for hydroxylation is 2. The van der Waals surface area contributed by atoms with Crippen molar-refractivity contribution in [2.75, 3.05) is 11.9 Å². The standard InChI is InChI=1S/C19H28N2O/c1-13-7-6-8-14(2)18(13)20-19(22)17-9-4-5-12-21(17)15(3)16-10-11-16/h6-8,15-17H,4-5,9-12H2,1-3H3,(H,20,22)/t15?,17-/m0/s1. The highest BCUT2D eigenvalue weighted by molar-refractivity contribution is 5.96. The minimum atomic E-state index is 0.0448. The van der Waals surface area contributed by atoms with Crippen LogP contribution in [0, 0.1) is 19.8 Å². The molecule has 0 spiro atoms. The molecular weight excluding hydrogens is 272 g/mol. The van der Waals surface area contributed by atoms with Gasteiger partial charge in [0.05, 0.1) is 6.04 Å². The number of likely N-dealkylation sites (tertiary alicyclic amines) is 1. The summed E-state index contributed by atoms with van der Waals surface area (Å²) >= 11 is 0. The van der Waals surface area contributed by atoms with E-state index in [0.717, 1.165) is 35.7 Å². The van der Waals surface area contributed by atoms with Crippen LogP contribution in [-0.4, -0.2) is 29.4 Å². The van der Waals surface area contributed by atoms with Crippen LogP contribution in [0.5, 0.6) is 0 Å². The van der Waals surface area contributed by atoms with Gasteiger partial charge in [-0.3, -0.25) is 9.69 Å². The second kappa shape index (κ2) is 6.41. The number of piperidine rings is 1.